The second kappa shape index (κ2) is 6.23. The third kappa shape index (κ3) is 3.17. The Morgan fingerprint density at radius 2 is 1.90 bits per heavy atom. The summed E-state index contributed by atoms with van der Waals surface area (Å²) in [5.74, 6) is -0.992. The fourth-order valence-corrected chi connectivity index (χ4v) is 2.09. The van der Waals surface area contributed by atoms with Crippen molar-refractivity contribution in [1.82, 2.24) is 4.57 Å². The molecule has 2 rings (SSSR count). The first-order valence-electron chi connectivity index (χ1n) is 6.47. The number of esters is 2. The number of hydrogen-bond donors (Lipinski definition) is 0. The molecule has 20 heavy (non-hydrogen) atoms. The molecular weight excluding hydrogens is 258 g/mol. The average molecular weight is 275 g/mol. The number of hydrogen-bond acceptors (Lipinski definition) is 4. The average Bonchev–Trinajstić information content (AvgIpc) is 2.74. The van der Waals surface area contributed by atoms with E-state index in [9.17, 15) is 9.59 Å². The molecule has 2 aromatic rings. The van der Waals surface area contributed by atoms with Crippen LogP contribution in [-0.2, 0) is 25.6 Å². The summed E-state index contributed by atoms with van der Waals surface area (Å²) in [6.07, 6.45) is 1.90. The van der Waals surface area contributed by atoms with Crippen molar-refractivity contribution < 1.29 is 19.1 Å². The molecule has 1 aromatic carbocycles. The predicted octanol–water partition coefficient (Wildman–Crippen LogP) is 2.06. The Balaban J connectivity index is 2.01. The van der Waals surface area contributed by atoms with Crippen molar-refractivity contribution in [3.05, 3.63) is 36.0 Å². The molecule has 0 unspecified atom stereocenters. The molecule has 0 atom stereocenters. The zero-order valence-corrected chi connectivity index (χ0v) is 11.6. The smallest absolute Gasteiger partial charge is 0.344 e. The molecule has 0 aliphatic rings. The third-order valence-corrected chi connectivity index (χ3v) is 2.94. The maximum atomic E-state index is 11.7. The van der Waals surface area contributed by atoms with Crippen molar-refractivity contribution in [2.24, 2.45) is 0 Å². The number of benzene rings is 1. The van der Waals surface area contributed by atoms with Crippen LogP contribution in [0.1, 0.15) is 12.5 Å². The molecule has 0 bridgehead atoms. The number of ether oxygens (including phenoxy) is 2. The molecule has 1 aromatic heterocycles. The molecule has 1 heterocycles. The second-order valence-corrected chi connectivity index (χ2v) is 4.42. The highest BCUT2D eigenvalue weighted by Crippen LogP contribution is 2.20. The summed E-state index contributed by atoms with van der Waals surface area (Å²) < 4.78 is 11.4. The summed E-state index contributed by atoms with van der Waals surface area (Å²) in [7, 11) is 0. The van der Waals surface area contributed by atoms with Crippen LogP contribution < -0.4 is 0 Å². The van der Waals surface area contributed by atoms with E-state index in [0.717, 1.165) is 16.5 Å². The maximum Gasteiger partial charge on any atom is 0.344 e. The van der Waals surface area contributed by atoms with Crippen molar-refractivity contribution in [3.63, 3.8) is 0 Å². The van der Waals surface area contributed by atoms with Crippen LogP contribution in [0.2, 0.25) is 0 Å². The Morgan fingerprint density at radius 1 is 1.15 bits per heavy atom. The molecule has 0 spiro atoms. The van der Waals surface area contributed by atoms with Crippen LogP contribution in [0.3, 0.4) is 0 Å². The molecular formula is C15H17NO4. The van der Waals surface area contributed by atoms with Gasteiger partial charge in [-0.05, 0) is 25.5 Å². The molecule has 0 aliphatic heterocycles. The summed E-state index contributed by atoms with van der Waals surface area (Å²) in [5.41, 5.74) is 2.07. The van der Waals surface area contributed by atoms with Crippen molar-refractivity contribution in [1.29, 1.82) is 0 Å². The van der Waals surface area contributed by atoms with Gasteiger partial charge in [-0.3, -0.25) is 4.79 Å². The lowest BCUT2D eigenvalue weighted by molar-refractivity contribution is -0.158. The molecule has 0 saturated heterocycles. The standard InChI is InChI=1S/C15H17NO4/c1-3-19-15(18)10-20-14(17)9-16-8-11(2)12-6-4-5-7-13(12)16/h4-8H,3,9-10H2,1-2H3. The van der Waals surface area contributed by atoms with E-state index >= 15 is 0 Å². The molecule has 5 nitrogen and oxygen atoms in total. The van der Waals surface area contributed by atoms with E-state index in [1.165, 1.54) is 0 Å². The van der Waals surface area contributed by atoms with Crippen LogP contribution in [0.5, 0.6) is 0 Å². The minimum absolute atomic E-state index is 0.0771. The number of fused-ring (bicyclic) bond motifs is 1. The first-order chi connectivity index (χ1) is 9.61. The number of aryl methyl sites for hydroxylation is 1. The summed E-state index contributed by atoms with van der Waals surface area (Å²) in [6.45, 7) is 3.70. The van der Waals surface area contributed by atoms with Crippen LogP contribution >= 0.6 is 0 Å². The van der Waals surface area contributed by atoms with Crippen LogP contribution in [0.25, 0.3) is 10.9 Å². The van der Waals surface area contributed by atoms with E-state index in [1.54, 1.807) is 6.92 Å². The van der Waals surface area contributed by atoms with E-state index in [2.05, 4.69) is 0 Å². The maximum absolute atomic E-state index is 11.7. The molecule has 0 saturated carbocycles. The number of para-hydroxylation sites is 1. The van der Waals surface area contributed by atoms with Crippen molar-refractivity contribution in [2.45, 2.75) is 20.4 Å². The lowest BCUT2D eigenvalue weighted by atomic mass is 10.2. The SMILES string of the molecule is CCOC(=O)COC(=O)Cn1cc(C)c2ccccc21. The number of nitrogens with zero attached hydrogens (tertiary/aromatic N) is 1. The van der Waals surface area contributed by atoms with Crippen LogP contribution in [0.4, 0.5) is 0 Å². The van der Waals surface area contributed by atoms with Crippen molar-refractivity contribution in [2.75, 3.05) is 13.2 Å². The minimum Gasteiger partial charge on any atom is -0.463 e. The lowest BCUT2D eigenvalue weighted by Gasteiger charge is -2.06. The van der Waals surface area contributed by atoms with E-state index in [-0.39, 0.29) is 19.8 Å². The van der Waals surface area contributed by atoms with Gasteiger partial charge in [0, 0.05) is 17.1 Å². The van der Waals surface area contributed by atoms with Crippen molar-refractivity contribution >= 4 is 22.8 Å². The first-order valence-corrected chi connectivity index (χ1v) is 6.47. The van der Waals surface area contributed by atoms with E-state index < -0.39 is 11.9 Å². The van der Waals surface area contributed by atoms with Gasteiger partial charge >= 0.3 is 11.9 Å². The fraction of sp³-hybridized carbons (Fsp3) is 0.333. The molecule has 0 N–H and O–H groups in total. The number of carbonyl (C=O) groups is 2. The van der Waals surface area contributed by atoms with Crippen molar-refractivity contribution in [3.8, 4) is 0 Å². The Labute approximate surface area is 117 Å². The van der Waals surface area contributed by atoms with Gasteiger partial charge in [-0.1, -0.05) is 18.2 Å². The first kappa shape index (κ1) is 14.1. The normalized spacial score (nSPS) is 10.5. The van der Waals surface area contributed by atoms with Crippen LogP contribution in [0.15, 0.2) is 30.5 Å². The molecule has 5 heteroatoms. The van der Waals surface area contributed by atoms with Gasteiger partial charge < -0.3 is 14.0 Å². The quantitative estimate of drug-likeness (QED) is 0.784. The predicted molar refractivity (Wildman–Crippen MR) is 74.3 cm³/mol. The fourth-order valence-electron chi connectivity index (χ4n) is 2.09. The number of rotatable bonds is 5. The lowest BCUT2D eigenvalue weighted by Crippen LogP contribution is -2.19. The zero-order valence-electron chi connectivity index (χ0n) is 11.6. The minimum atomic E-state index is -0.533. The Morgan fingerprint density at radius 3 is 2.65 bits per heavy atom. The monoisotopic (exact) mass is 275 g/mol. The van der Waals surface area contributed by atoms with Gasteiger partial charge in [-0.2, -0.15) is 0 Å². The van der Waals surface area contributed by atoms with Gasteiger partial charge in [0.1, 0.15) is 6.54 Å². The van der Waals surface area contributed by atoms with E-state index in [4.69, 9.17) is 9.47 Å². The van der Waals surface area contributed by atoms with E-state index in [0.29, 0.717) is 0 Å². The molecule has 106 valence electrons. The zero-order chi connectivity index (χ0) is 14.5. The van der Waals surface area contributed by atoms with Gasteiger partial charge in [-0.25, -0.2) is 4.79 Å². The van der Waals surface area contributed by atoms with Gasteiger partial charge in [-0.15, -0.1) is 0 Å². The van der Waals surface area contributed by atoms with Gasteiger partial charge in [0.25, 0.3) is 0 Å². The Bertz CT molecular complexity index is 630. The molecule has 0 aliphatic carbocycles. The molecule has 0 fully saturated rings. The number of carbonyl (C=O) groups excluding carboxylic acids is 2. The molecule has 0 radical (unpaired) electrons. The molecule has 0 amide bonds. The summed E-state index contributed by atoms with van der Waals surface area (Å²) in [6, 6.07) is 7.83. The highest BCUT2D eigenvalue weighted by atomic mass is 16.6. The van der Waals surface area contributed by atoms with Gasteiger partial charge in [0.2, 0.25) is 0 Å². The summed E-state index contributed by atoms with van der Waals surface area (Å²) in [4.78, 5) is 22.8. The topological polar surface area (TPSA) is 57.5 Å². The third-order valence-electron chi connectivity index (χ3n) is 2.94. The van der Waals surface area contributed by atoms with E-state index in [1.807, 2.05) is 42.0 Å². The van der Waals surface area contributed by atoms with Crippen LogP contribution in [-0.4, -0.2) is 29.7 Å². The largest absolute Gasteiger partial charge is 0.463 e. The van der Waals surface area contributed by atoms with Gasteiger partial charge in [0.05, 0.1) is 6.61 Å². The summed E-state index contributed by atoms with van der Waals surface area (Å²) >= 11 is 0. The van der Waals surface area contributed by atoms with Gasteiger partial charge in [0.15, 0.2) is 6.61 Å². The number of aromatic nitrogens is 1. The highest BCUT2D eigenvalue weighted by molar-refractivity contribution is 5.85. The summed E-state index contributed by atoms with van der Waals surface area (Å²) in [5, 5.41) is 1.10. The highest BCUT2D eigenvalue weighted by Gasteiger charge is 2.11. The second-order valence-electron chi connectivity index (χ2n) is 4.42. The Hall–Kier alpha value is -2.30. The Kier molecular flexibility index (Phi) is 4.40. The van der Waals surface area contributed by atoms with Crippen LogP contribution in [0, 0.1) is 6.92 Å².